The highest BCUT2D eigenvalue weighted by molar-refractivity contribution is 5.34. The Morgan fingerprint density at radius 3 is 2.71 bits per heavy atom. The fraction of sp³-hybridized carbons (Fsp3) is 0.500. The van der Waals surface area contributed by atoms with Gasteiger partial charge >= 0.3 is 0 Å². The van der Waals surface area contributed by atoms with Crippen molar-refractivity contribution in [1.82, 2.24) is 5.32 Å². The molecule has 0 heterocycles. The Hall–Kier alpha value is -0.860. The smallest absolute Gasteiger partial charge is 0.0917 e. The van der Waals surface area contributed by atoms with Crippen LogP contribution >= 0.6 is 0 Å². The van der Waals surface area contributed by atoms with Crippen LogP contribution in [-0.2, 0) is 0 Å². The first-order valence-electron chi connectivity index (χ1n) is 5.11. The molecule has 0 aliphatic rings. The van der Waals surface area contributed by atoms with Gasteiger partial charge in [-0.2, -0.15) is 0 Å². The van der Waals surface area contributed by atoms with E-state index in [0.717, 1.165) is 12.1 Å². The molecule has 1 unspecified atom stereocenters. The highest BCUT2D eigenvalue weighted by Gasteiger charge is 2.09. The Balaban J connectivity index is 2.79. The molecule has 1 rings (SSSR count). The monoisotopic (exact) mass is 193 g/mol. The van der Waals surface area contributed by atoms with Crippen molar-refractivity contribution < 1.29 is 5.11 Å². The molecule has 0 amide bonds. The highest BCUT2D eigenvalue weighted by atomic mass is 16.3. The van der Waals surface area contributed by atoms with Crippen molar-refractivity contribution in [3.8, 4) is 0 Å². The van der Waals surface area contributed by atoms with Gasteiger partial charge in [0.05, 0.1) is 6.10 Å². The molecule has 2 N–H and O–H groups in total. The number of rotatable bonds is 4. The van der Waals surface area contributed by atoms with Crippen LogP contribution in [-0.4, -0.2) is 18.2 Å². The Morgan fingerprint density at radius 1 is 1.36 bits per heavy atom. The lowest BCUT2D eigenvalue weighted by molar-refractivity contribution is 0.175. The van der Waals surface area contributed by atoms with Crippen molar-refractivity contribution in [2.24, 2.45) is 0 Å². The van der Waals surface area contributed by atoms with Crippen molar-refractivity contribution in [2.45, 2.75) is 26.9 Å². The molecule has 2 heteroatoms. The average Bonchev–Trinajstić information content (AvgIpc) is 2.18. The number of likely N-dealkylation sites (N-methyl/N-ethyl adjacent to an activating group) is 1. The molecule has 14 heavy (non-hydrogen) atoms. The van der Waals surface area contributed by atoms with Crippen LogP contribution in [0, 0.1) is 13.8 Å². The third kappa shape index (κ3) is 2.56. The van der Waals surface area contributed by atoms with Crippen LogP contribution in [0.1, 0.15) is 29.7 Å². The molecule has 1 atom stereocenters. The lowest BCUT2D eigenvalue weighted by Gasteiger charge is -2.15. The van der Waals surface area contributed by atoms with Gasteiger partial charge in [-0.1, -0.05) is 25.1 Å². The third-order valence-electron chi connectivity index (χ3n) is 2.59. The topological polar surface area (TPSA) is 32.3 Å². The van der Waals surface area contributed by atoms with E-state index in [2.05, 4.69) is 25.2 Å². The van der Waals surface area contributed by atoms with Gasteiger partial charge in [0.2, 0.25) is 0 Å². The van der Waals surface area contributed by atoms with Crippen LogP contribution < -0.4 is 5.32 Å². The van der Waals surface area contributed by atoms with Crippen LogP contribution in [0.4, 0.5) is 0 Å². The van der Waals surface area contributed by atoms with Gasteiger partial charge in [-0.3, -0.25) is 0 Å². The first kappa shape index (κ1) is 11.2. The quantitative estimate of drug-likeness (QED) is 0.766. The maximum Gasteiger partial charge on any atom is 0.0917 e. The second kappa shape index (κ2) is 5.13. The maximum absolute atomic E-state index is 9.89. The minimum Gasteiger partial charge on any atom is -0.387 e. The van der Waals surface area contributed by atoms with Crippen molar-refractivity contribution in [3.05, 3.63) is 34.9 Å². The number of nitrogens with one attached hydrogen (secondary N) is 1. The average molecular weight is 193 g/mol. The first-order chi connectivity index (χ1) is 6.66. The summed E-state index contributed by atoms with van der Waals surface area (Å²) in [6, 6.07) is 6.05. The van der Waals surface area contributed by atoms with Gasteiger partial charge in [0.1, 0.15) is 0 Å². The number of aliphatic hydroxyl groups is 1. The molecular formula is C12H19NO. The Morgan fingerprint density at radius 2 is 2.07 bits per heavy atom. The van der Waals surface area contributed by atoms with E-state index in [-0.39, 0.29) is 0 Å². The number of hydrogen-bond acceptors (Lipinski definition) is 2. The minimum absolute atomic E-state index is 0.394. The van der Waals surface area contributed by atoms with E-state index in [1.165, 1.54) is 11.1 Å². The summed E-state index contributed by atoms with van der Waals surface area (Å²) in [7, 11) is 0. The summed E-state index contributed by atoms with van der Waals surface area (Å²) in [5.74, 6) is 0. The Kier molecular flexibility index (Phi) is 4.11. The molecule has 2 nitrogen and oxygen atoms in total. The fourth-order valence-corrected chi connectivity index (χ4v) is 1.53. The largest absolute Gasteiger partial charge is 0.387 e. The van der Waals surface area contributed by atoms with Gasteiger partial charge in [0.15, 0.2) is 0 Å². The summed E-state index contributed by atoms with van der Waals surface area (Å²) in [5, 5.41) is 13.0. The molecule has 78 valence electrons. The molecule has 1 aromatic rings. The fourth-order valence-electron chi connectivity index (χ4n) is 1.53. The second-order valence-electron chi connectivity index (χ2n) is 3.61. The molecule has 0 aliphatic heterocycles. The molecule has 1 aromatic carbocycles. The summed E-state index contributed by atoms with van der Waals surface area (Å²) in [6.45, 7) is 7.68. The molecule has 0 aromatic heterocycles. The summed E-state index contributed by atoms with van der Waals surface area (Å²) in [5.41, 5.74) is 3.46. The van der Waals surface area contributed by atoms with Crippen molar-refractivity contribution in [3.63, 3.8) is 0 Å². The SMILES string of the molecule is CCNCC(O)c1cccc(C)c1C. The summed E-state index contributed by atoms with van der Waals surface area (Å²) < 4.78 is 0. The summed E-state index contributed by atoms with van der Waals surface area (Å²) >= 11 is 0. The van der Waals surface area contributed by atoms with E-state index in [1.807, 2.05) is 19.1 Å². The van der Waals surface area contributed by atoms with Gasteiger partial charge in [0, 0.05) is 6.54 Å². The Labute approximate surface area is 86.0 Å². The maximum atomic E-state index is 9.89. The van der Waals surface area contributed by atoms with Gasteiger partial charge in [-0.25, -0.2) is 0 Å². The van der Waals surface area contributed by atoms with E-state index >= 15 is 0 Å². The molecular weight excluding hydrogens is 174 g/mol. The van der Waals surface area contributed by atoms with E-state index < -0.39 is 6.10 Å². The summed E-state index contributed by atoms with van der Waals surface area (Å²) in [4.78, 5) is 0. The molecule has 0 bridgehead atoms. The molecule has 0 saturated heterocycles. The van der Waals surface area contributed by atoms with Crippen molar-refractivity contribution >= 4 is 0 Å². The van der Waals surface area contributed by atoms with Crippen LogP contribution in [0.25, 0.3) is 0 Å². The number of aryl methyl sites for hydroxylation is 1. The normalized spacial score (nSPS) is 12.9. The van der Waals surface area contributed by atoms with Crippen LogP contribution in [0.2, 0.25) is 0 Å². The van der Waals surface area contributed by atoms with E-state index in [0.29, 0.717) is 6.54 Å². The molecule has 0 aliphatic carbocycles. The zero-order valence-electron chi connectivity index (χ0n) is 9.17. The number of hydrogen-bond donors (Lipinski definition) is 2. The Bertz CT molecular complexity index is 296. The lowest BCUT2D eigenvalue weighted by atomic mass is 9.99. The van der Waals surface area contributed by atoms with E-state index in [1.54, 1.807) is 0 Å². The van der Waals surface area contributed by atoms with Gasteiger partial charge in [-0.05, 0) is 37.1 Å². The van der Waals surface area contributed by atoms with Crippen LogP contribution in [0.3, 0.4) is 0 Å². The second-order valence-corrected chi connectivity index (χ2v) is 3.61. The van der Waals surface area contributed by atoms with Gasteiger partial charge in [-0.15, -0.1) is 0 Å². The molecule has 0 saturated carbocycles. The predicted octanol–water partition coefficient (Wildman–Crippen LogP) is 1.95. The third-order valence-corrected chi connectivity index (χ3v) is 2.59. The first-order valence-corrected chi connectivity index (χ1v) is 5.11. The predicted molar refractivity (Wildman–Crippen MR) is 59.4 cm³/mol. The van der Waals surface area contributed by atoms with Crippen molar-refractivity contribution in [2.75, 3.05) is 13.1 Å². The summed E-state index contributed by atoms with van der Waals surface area (Å²) in [6.07, 6.45) is -0.394. The molecule has 0 radical (unpaired) electrons. The highest BCUT2D eigenvalue weighted by Crippen LogP contribution is 2.19. The van der Waals surface area contributed by atoms with Crippen LogP contribution in [0.5, 0.6) is 0 Å². The number of aliphatic hydroxyl groups excluding tert-OH is 1. The van der Waals surface area contributed by atoms with Crippen molar-refractivity contribution in [1.29, 1.82) is 0 Å². The van der Waals surface area contributed by atoms with Gasteiger partial charge in [0.25, 0.3) is 0 Å². The zero-order chi connectivity index (χ0) is 10.6. The van der Waals surface area contributed by atoms with E-state index in [9.17, 15) is 5.11 Å². The van der Waals surface area contributed by atoms with E-state index in [4.69, 9.17) is 0 Å². The lowest BCUT2D eigenvalue weighted by Crippen LogP contribution is -2.21. The standard InChI is InChI=1S/C12H19NO/c1-4-13-8-12(14)11-7-5-6-9(2)10(11)3/h5-7,12-14H,4,8H2,1-3H3. The minimum atomic E-state index is -0.394. The molecule has 0 spiro atoms. The van der Waals surface area contributed by atoms with Crippen LogP contribution in [0.15, 0.2) is 18.2 Å². The molecule has 0 fully saturated rings. The number of benzene rings is 1. The zero-order valence-corrected chi connectivity index (χ0v) is 9.17. The van der Waals surface area contributed by atoms with Gasteiger partial charge < -0.3 is 10.4 Å².